The van der Waals surface area contributed by atoms with Crippen molar-refractivity contribution < 1.29 is 4.79 Å². The lowest BCUT2D eigenvalue weighted by Gasteiger charge is -2.32. The highest BCUT2D eigenvalue weighted by Crippen LogP contribution is 2.21. The number of hydrogen-bond acceptors (Lipinski definition) is 5. The summed E-state index contributed by atoms with van der Waals surface area (Å²) in [4.78, 5) is 16.7. The third-order valence-corrected chi connectivity index (χ3v) is 5.21. The first-order chi connectivity index (χ1) is 14.7. The van der Waals surface area contributed by atoms with E-state index in [4.69, 9.17) is 0 Å². The molecule has 2 aromatic carbocycles. The molecule has 4 rings (SSSR count). The fourth-order valence-corrected chi connectivity index (χ4v) is 3.36. The summed E-state index contributed by atoms with van der Waals surface area (Å²) in [6.45, 7) is 4.50. The lowest BCUT2D eigenvalue weighted by atomic mass is 10.1. The zero-order valence-corrected chi connectivity index (χ0v) is 17.1. The zero-order chi connectivity index (χ0) is 20.8. The summed E-state index contributed by atoms with van der Waals surface area (Å²) < 4.78 is 0. The molecule has 1 aliphatic heterocycles. The summed E-state index contributed by atoms with van der Waals surface area (Å²) >= 11 is 0. The molecule has 3 aromatic rings. The Morgan fingerprint density at radius 3 is 2.30 bits per heavy atom. The molecule has 1 aliphatic rings. The van der Waals surface area contributed by atoms with Gasteiger partial charge in [0.1, 0.15) is 0 Å². The normalized spacial score (nSPS) is 14.4. The van der Waals surface area contributed by atoms with E-state index in [1.165, 1.54) is 0 Å². The van der Waals surface area contributed by atoms with Gasteiger partial charge in [0.15, 0.2) is 5.82 Å². The Hall–Kier alpha value is -3.45. The fourth-order valence-electron chi connectivity index (χ4n) is 3.36. The summed E-state index contributed by atoms with van der Waals surface area (Å²) in [6, 6.07) is 21.2. The first-order valence-electron chi connectivity index (χ1n) is 10.1. The largest absolute Gasteiger partial charge is 0.353 e. The van der Waals surface area contributed by atoms with Gasteiger partial charge in [0, 0.05) is 44.0 Å². The molecule has 2 heterocycles. The van der Waals surface area contributed by atoms with Crippen LogP contribution in [0.3, 0.4) is 0 Å². The third kappa shape index (κ3) is 5.12. The van der Waals surface area contributed by atoms with Crippen LogP contribution in [0.25, 0.3) is 11.3 Å². The number of aromatic nitrogens is 2. The van der Waals surface area contributed by atoms with Gasteiger partial charge in [0.25, 0.3) is 0 Å². The molecule has 1 fully saturated rings. The number of hydrogen-bond donors (Lipinski definition) is 2. The number of piperazine rings is 1. The molecule has 30 heavy (non-hydrogen) atoms. The van der Waals surface area contributed by atoms with E-state index in [0.29, 0.717) is 6.54 Å². The number of likely N-dealkylation sites (N-methyl/N-ethyl adjacent to an activating group) is 1. The first-order valence-corrected chi connectivity index (χ1v) is 10.1. The van der Waals surface area contributed by atoms with Crippen LogP contribution >= 0.6 is 0 Å². The van der Waals surface area contributed by atoms with Gasteiger partial charge >= 0.3 is 6.03 Å². The minimum Gasteiger partial charge on any atom is -0.353 e. The van der Waals surface area contributed by atoms with Crippen molar-refractivity contribution in [1.82, 2.24) is 20.4 Å². The van der Waals surface area contributed by atoms with Gasteiger partial charge in [0.2, 0.25) is 0 Å². The molecule has 0 unspecified atom stereocenters. The second kappa shape index (κ2) is 9.37. The quantitative estimate of drug-likeness (QED) is 0.686. The van der Waals surface area contributed by atoms with Crippen LogP contribution in [0, 0.1) is 0 Å². The van der Waals surface area contributed by atoms with Gasteiger partial charge in [-0.25, -0.2) is 4.79 Å². The Morgan fingerprint density at radius 1 is 0.900 bits per heavy atom. The molecule has 0 spiro atoms. The van der Waals surface area contributed by atoms with Crippen LogP contribution in [-0.2, 0) is 6.54 Å². The van der Waals surface area contributed by atoms with Crippen molar-refractivity contribution in [2.45, 2.75) is 6.54 Å². The monoisotopic (exact) mass is 402 g/mol. The van der Waals surface area contributed by atoms with Crippen molar-refractivity contribution in [3.8, 4) is 11.3 Å². The molecule has 0 saturated carbocycles. The van der Waals surface area contributed by atoms with Crippen molar-refractivity contribution >= 4 is 17.5 Å². The number of carbonyl (C=O) groups is 1. The number of carbonyl (C=O) groups excluding carboxylic acids is 1. The maximum Gasteiger partial charge on any atom is 0.319 e. The van der Waals surface area contributed by atoms with E-state index in [-0.39, 0.29) is 6.03 Å². The standard InChI is InChI=1S/C23H26N6O/c1-28-13-15-29(16-14-28)22-12-11-21(26-27-22)19-7-9-20(10-8-19)25-23(30)24-17-18-5-3-2-4-6-18/h2-12H,13-17H2,1H3,(H2,24,25,30). The van der Waals surface area contributed by atoms with Gasteiger partial charge in [-0.2, -0.15) is 0 Å². The summed E-state index contributed by atoms with van der Waals surface area (Å²) in [7, 11) is 2.14. The van der Waals surface area contributed by atoms with Crippen LogP contribution in [-0.4, -0.2) is 54.4 Å². The molecule has 7 heteroatoms. The van der Waals surface area contributed by atoms with E-state index in [0.717, 1.165) is 54.5 Å². The number of urea groups is 1. The van der Waals surface area contributed by atoms with Crippen LogP contribution in [0.15, 0.2) is 66.7 Å². The Kier molecular flexibility index (Phi) is 6.20. The number of nitrogens with zero attached hydrogens (tertiary/aromatic N) is 4. The molecule has 7 nitrogen and oxygen atoms in total. The maximum atomic E-state index is 12.1. The number of nitrogens with one attached hydrogen (secondary N) is 2. The van der Waals surface area contributed by atoms with Crippen LogP contribution in [0.5, 0.6) is 0 Å². The smallest absolute Gasteiger partial charge is 0.319 e. The molecule has 154 valence electrons. The summed E-state index contributed by atoms with van der Waals surface area (Å²) in [5, 5.41) is 14.5. The van der Waals surface area contributed by atoms with E-state index in [9.17, 15) is 4.79 Å². The highest BCUT2D eigenvalue weighted by atomic mass is 16.2. The third-order valence-electron chi connectivity index (χ3n) is 5.21. The Bertz CT molecular complexity index is 951. The van der Waals surface area contributed by atoms with Crippen molar-refractivity contribution in [1.29, 1.82) is 0 Å². The van der Waals surface area contributed by atoms with Gasteiger partial charge in [-0.15, -0.1) is 10.2 Å². The van der Waals surface area contributed by atoms with Crippen molar-refractivity contribution in [3.05, 3.63) is 72.3 Å². The Morgan fingerprint density at radius 2 is 1.63 bits per heavy atom. The zero-order valence-electron chi connectivity index (χ0n) is 17.1. The maximum absolute atomic E-state index is 12.1. The molecule has 1 aromatic heterocycles. The van der Waals surface area contributed by atoms with Crippen LogP contribution in [0.4, 0.5) is 16.3 Å². The number of anilines is 2. The first kappa shape index (κ1) is 19.8. The summed E-state index contributed by atoms with van der Waals surface area (Å²) in [5.74, 6) is 0.917. The molecule has 2 amide bonds. The van der Waals surface area contributed by atoms with Crippen molar-refractivity contribution in [2.75, 3.05) is 43.4 Å². The van der Waals surface area contributed by atoms with E-state index >= 15 is 0 Å². The Balaban J connectivity index is 1.32. The second-order valence-electron chi connectivity index (χ2n) is 7.44. The fraction of sp³-hybridized carbons (Fsp3) is 0.261. The van der Waals surface area contributed by atoms with Gasteiger partial charge in [-0.05, 0) is 36.9 Å². The molecular formula is C23H26N6O. The van der Waals surface area contributed by atoms with Crippen LogP contribution < -0.4 is 15.5 Å². The molecule has 0 radical (unpaired) electrons. The molecule has 0 aliphatic carbocycles. The average Bonchev–Trinajstić information content (AvgIpc) is 2.80. The van der Waals surface area contributed by atoms with E-state index in [1.807, 2.05) is 66.7 Å². The SMILES string of the molecule is CN1CCN(c2ccc(-c3ccc(NC(=O)NCc4ccccc4)cc3)nn2)CC1. The highest BCUT2D eigenvalue weighted by Gasteiger charge is 2.15. The lowest BCUT2D eigenvalue weighted by Crippen LogP contribution is -2.44. The van der Waals surface area contributed by atoms with Gasteiger partial charge < -0.3 is 20.4 Å². The molecular weight excluding hydrogens is 376 g/mol. The molecule has 1 saturated heterocycles. The Labute approximate surface area is 176 Å². The number of amides is 2. The number of rotatable bonds is 5. The summed E-state index contributed by atoms with van der Waals surface area (Å²) in [5.41, 5.74) is 3.56. The van der Waals surface area contributed by atoms with Crippen LogP contribution in [0.1, 0.15) is 5.56 Å². The molecule has 0 atom stereocenters. The lowest BCUT2D eigenvalue weighted by molar-refractivity contribution is 0.251. The molecule has 2 N–H and O–H groups in total. The van der Waals surface area contributed by atoms with Crippen LogP contribution in [0.2, 0.25) is 0 Å². The summed E-state index contributed by atoms with van der Waals surface area (Å²) in [6.07, 6.45) is 0. The second-order valence-corrected chi connectivity index (χ2v) is 7.44. The van der Waals surface area contributed by atoms with Gasteiger partial charge in [-0.1, -0.05) is 42.5 Å². The highest BCUT2D eigenvalue weighted by molar-refractivity contribution is 5.89. The van der Waals surface area contributed by atoms with Gasteiger partial charge in [0.05, 0.1) is 5.69 Å². The van der Waals surface area contributed by atoms with Gasteiger partial charge in [-0.3, -0.25) is 0 Å². The van der Waals surface area contributed by atoms with Crippen molar-refractivity contribution in [2.24, 2.45) is 0 Å². The molecule has 0 bridgehead atoms. The topological polar surface area (TPSA) is 73.4 Å². The van der Waals surface area contributed by atoms with E-state index in [2.05, 4.69) is 37.7 Å². The number of benzene rings is 2. The average molecular weight is 403 g/mol. The van der Waals surface area contributed by atoms with E-state index in [1.54, 1.807) is 0 Å². The van der Waals surface area contributed by atoms with Crippen molar-refractivity contribution in [3.63, 3.8) is 0 Å². The van der Waals surface area contributed by atoms with E-state index < -0.39 is 0 Å². The minimum atomic E-state index is -0.233. The minimum absolute atomic E-state index is 0.233. The predicted octanol–water partition coefficient (Wildman–Crippen LogP) is 3.22. The predicted molar refractivity (Wildman–Crippen MR) is 119 cm³/mol.